The highest BCUT2D eigenvalue weighted by atomic mass is 32.2. The van der Waals surface area contributed by atoms with Crippen LogP contribution in [0.25, 0.3) is 0 Å². The Balaban J connectivity index is 1.38. The molecule has 0 saturated heterocycles. The predicted octanol–water partition coefficient (Wildman–Crippen LogP) is 4.82. The monoisotopic (exact) mass is 528 g/mol. The van der Waals surface area contributed by atoms with Gasteiger partial charge in [-0.15, -0.1) is 0 Å². The molecule has 5 rings (SSSR count). The van der Waals surface area contributed by atoms with E-state index in [1.54, 1.807) is 24.3 Å². The SMILES string of the molecule is O=S(=O)(N[C@@H]1CCCC[C@H]1NCc1ccccc1P(c1ccccc1)c1ccccc1)c1ccccc1. The third-order valence-electron chi connectivity index (χ3n) is 6.94. The van der Waals surface area contributed by atoms with Gasteiger partial charge in [0, 0.05) is 18.6 Å². The first-order chi connectivity index (χ1) is 18.1. The maximum Gasteiger partial charge on any atom is 0.240 e. The average molecular weight is 529 g/mol. The highest BCUT2D eigenvalue weighted by Crippen LogP contribution is 2.34. The summed E-state index contributed by atoms with van der Waals surface area (Å²) in [4.78, 5) is 0.320. The summed E-state index contributed by atoms with van der Waals surface area (Å²) in [5.74, 6) is 0. The van der Waals surface area contributed by atoms with Gasteiger partial charge in [-0.25, -0.2) is 13.1 Å². The van der Waals surface area contributed by atoms with Crippen molar-refractivity contribution in [2.24, 2.45) is 0 Å². The van der Waals surface area contributed by atoms with E-state index < -0.39 is 17.9 Å². The van der Waals surface area contributed by atoms with E-state index in [1.165, 1.54) is 21.5 Å². The van der Waals surface area contributed by atoms with Crippen LogP contribution in [0.1, 0.15) is 31.2 Å². The maximum absolute atomic E-state index is 13.0. The van der Waals surface area contributed by atoms with Crippen molar-refractivity contribution in [2.75, 3.05) is 0 Å². The van der Waals surface area contributed by atoms with E-state index in [-0.39, 0.29) is 12.1 Å². The Kier molecular flexibility index (Phi) is 8.48. The molecule has 4 aromatic rings. The Morgan fingerprint density at radius 1 is 0.649 bits per heavy atom. The highest BCUT2D eigenvalue weighted by molar-refractivity contribution is 7.89. The van der Waals surface area contributed by atoms with Crippen LogP contribution in [-0.2, 0) is 16.6 Å². The first kappa shape index (κ1) is 25.8. The van der Waals surface area contributed by atoms with Crippen LogP contribution in [-0.4, -0.2) is 20.5 Å². The Morgan fingerprint density at radius 2 is 1.16 bits per heavy atom. The second-order valence-electron chi connectivity index (χ2n) is 9.45. The van der Waals surface area contributed by atoms with Crippen molar-refractivity contribution in [2.45, 2.75) is 49.2 Å². The number of nitrogens with one attached hydrogen (secondary N) is 2. The Hall–Kier alpha value is -2.82. The molecule has 0 radical (unpaired) electrons. The Bertz CT molecular complexity index is 1340. The fraction of sp³-hybridized carbons (Fsp3) is 0.226. The summed E-state index contributed by atoms with van der Waals surface area (Å²) >= 11 is 0. The van der Waals surface area contributed by atoms with Gasteiger partial charge in [-0.05, 0) is 54.4 Å². The van der Waals surface area contributed by atoms with Gasteiger partial charge in [-0.3, -0.25) is 0 Å². The predicted molar refractivity (Wildman–Crippen MR) is 155 cm³/mol. The quantitative estimate of drug-likeness (QED) is 0.306. The molecule has 190 valence electrons. The van der Waals surface area contributed by atoms with Gasteiger partial charge < -0.3 is 5.32 Å². The molecule has 6 heteroatoms. The first-order valence-corrected chi connectivity index (χ1v) is 15.7. The van der Waals surface area contributed by atoms with Gasteiger partial charge in [0.15, 0.2) is 0 Å². The fourth-order valence-electron chi connectivity index (χ4n) is 5.08. The molecule has 0 amide bonds. The minimum absolute atomic E-state index is 0.0833. The Morgan fingerprint density at radius 3 is 1.78 bits per heavy atom. The molecule has 1 fully saturated rings. The van der Waals surface area contributed by atoms with Gasteiger partial charge in [0.2, 0.25) is 10.0 Å². The normalized spacial score (nSPS) is 18.1. The Labute approximate surface area is 222 Å². The van der Waals surface area contributed by atoms with Crippen LogP contribution in [0.2, 0.25) is 0 Å². The van der Waals surface area contributed by atoms with E-state index >= 15 is 0 Å². The molecule has 0 unspecified atom stereocenters. The molecule has 37 heavy (non-hydrogen) atoms. The van der Waals surface area contributed by atoms with Crippen LogP contribution in [0.4, 0.5) is 0 Å². The summed E-state index contributed by atoms with van der Waals surface area (Å²) in [5, 5.41) is 7.72. The molecular weight excluding hydrogens is 495 g/mol. The largest absolute Gasteiger partial charge is 0.308 e. The molecule has 0 aliphatic heterocycles. The molecule has 1 aliphatic carbocycles. The van der Waals surface area contributed by atoms with Crippen molar-refractivity contribution in [1.82, 2.24) is 10.0 Å². The summed E-state index contributed by atoms with van der Waals surface area (Å²) in [6.07, 6.45) is 3.93. The number of rotatable bonds is 9. The molecule has 0 aromatic heterocycles. The van der Waals surface area contributed by atoms with E-state index in [0.717, 1.165) is 25.7 Å². The average Bonchev–Trinajstić information content (AvgIpc) is 2.95. The van der Waals surface area contributed by atoms with E-state index in [2.05, 4.69) is 95.0 Å². The molecule has 1 aliphatic rings. The number of sulfonamides is 1. The zero-order valence-electron chi connectivity index (χ0n) is 20.8. The van der Waals surface area contributed by atoms with Crippen molar-refractivity contribution in [3.05, 3.63) is 121 Å². The van der Waals surface area contributed by atoms with E-state index in [4.69, 9.17) is 0 Å². The molecule has 0 spiro atoms. The topological polar surface area (TPSA) is 58.2 Å². The van der Waals surface area contributed by atoms with Crippen LogP contribution in [0.15, 0.2) is 120 Å². The van der Waals surface area contributed by atoms with E-state index in [1.807, 2.05) is 6.07 Å². The molecule has 2 N–H and O–H groups in total. The standard InChI is InChI=1S/C31H33N2O2PS/c34-37(35,28-19-8-3-9-20-28)33-30-22-12-11-21-29(30)32-24-25-14-10-13-23-31(25)36(26-15-4-1-5-16-26)27-17-6-2-7-18-27/h1-10,13-20,23,29-30,32-33H,11-12,21-22,24H2/t29-,30-/m1/s1. The summed E-state index contributed by atoms with van der Waals surface area (Å²) in [5.41, 5.74) is 1.26. The minimum Gasteiger partial charge on any atom is -0.308 e. The van der Waals surface area contributed by atoms with Crippen molar-refractivity contribution in [3.8, 4) is 0 Å². The van der Waals surface area contributed by atoms with Gasteiger partial charge in [-0.2, -0.15) is 0 Å². The van der Waals surface area contributed by atoms with Gasteiger partial charge >= 0.3 is 0 Å². The second-order valence-corrected chi connectivity index (χ2v) is 13.3. The maximum atomic E-state index is 13.0. The van der Waals surface area contributed by atoms with E-state index in [0.29, 0.717) is 11.4 Å². The third kappa shape index (κ3) is 6.37. The lowest BCUT2D eigenvalue weighted by Gasteiger charge is -2.33. The van der Waals surface area contributed by atoms with E-state index in [9.17, 15) is 8.42 Å². The van der Waals surface area contributed by atoms with Gasteiger partial charge in [0.25, 0.3) is 0 Å². The summed E-state index contributed by atoms with van der Waals surface area (Å²) in [7, 11) is -4.27. The van der Waals surface area contributed by atoms with Crippen molar-refractivity contribution >= 4 is 33.9 Å². The molecule has 4 aromatic carbocycles. The van der Waals surface area contributed by atoms with Crippen LogP contribution in [0.5, 0.6) is 0 Å². The fourth-order valence-corrected chi connectivity index (χ4v) is 8.89. The zero-order valence-corrected chi connectivity index (χ0v) is 22.5. The zero-order chi connectivity index (χ0) is 25.5. The first-order valence-electron chi connectivity index (χ1n) is 12.9. The van der Waals surface area contributed by atoms with Crippen molar-refractivity contribution in [3.63, 3.8) is 0 Å². The van der Waals surface area contributed by atoms with Gasteiger partial charge in [-0.1, -0.05) is 116 Å². The van der Waals surface area contributed by atoms with Crippen LogP contribution in [0.3, 0.4) is 0 Å². The van der Waals surface area contributed by atoms with Crippen molar-refractivity contribution in [1.29, 1.82) is 0 Å². The van der Waals surface area contributed by atoms with Gasteiger partial charge in [0.05, 0.1) is 4.90 Å². The second kappa shape index (κ2) is 12.1. The minimum atomic E-state index is -3.56. The van der Waals surface area contributed by atoms with Crippen LogP contribution >= 0.6 is 7.92 Å². The van der Waals surface area contributed by atoms with Crippen molar-refractivity contribution < 1.29 is 8.42 Å². The lowest BCUT2D eigenvalue weighted by Crippen LogP contribution is -2.51. The summed E-state index contributed by atoms with van der Waals surface area (Å²) < 4.78 is 29.1. The number of benzene rings is 4. The molecule has 0 bridgehead atoms. The smallest absolute Gasteiger partial charge is 0.240 e. The molecular formula is C31H33N2O2PS. The van der Waals surface area contributed by atoms with Crippen LogP contribution in [0, 0.1) is 0 Å². The third-order valence-corrected chi connectivity index (χ3v) is 11.0. The molecule has 4 nitrogen and oxygen atoms in total. The molecule has 2 atom stereocenters. The molecule has 0 heterocycles. The summed E-state index contributed by atoms with van der Waals surface area (Å²) in [6, 6.07) is 38.7. The highest BCUT2D eigenvalue weighted by Gasteiger charge is 2.29. The molecule has 1 saturated carbocycles. The number of hydrogen-bond acceptors (Lipinski definition) is 3. The number of hydrogen-bond donors (Lipinski definition) is 2. The summed E-state index contributed by atoms with van der Waals surface area (Å²) in [6.45, 7) is 0.697. The lowest BCUT2D eigenvalue weighted by atomic mass is 9.91. The lowest BCUT2D eigenvalue weighted by molar-refractivity contribution is 0.309. The van der Waals surface area contributed by atoms with Crippen LogP contribution < -0.4 is 26.0 Å². The van der Waals surface area contributed by atoms with Gasteiger partial charge in [0.1, 0.15) is 0 Å².